The Morgan fingerprint density at radius 3 is 2.71 bits per heavy atom. The molecule has 0 bridgehead atoms. The summed E-state index contributed by atoms with van der Waals surface area (Å²) >= 11 is 5.84. The van der Waals surface area contributed by atoms with E-state index in [1.54, 1.807) is 42.3 Å². The van der Waals surface area contributed by atoms with Crippen molar-refractivity contribution in [2.75, 3.05) is 20.2 Å². The molecule has 1 heterocycles. The van der Waals surface area contributed by atoms with Crippen LogP contribution in [0.1, 0.15) is 18.7 Å². The molecule has 0 atom stereocenters. The molecule has 3 aromatic rings. The molecule has 0 aliphatic carbocycles. The van der Waals surface area contributed by atoms with Gasteiger partial charge in [0.15, 0.2) is 0 Å². The Labute approximate surface area is 168 Å². The highest BCUT2D eigenvalue weighted by Crippen LogP contribution is 2.15. The third kappa shape index (κ3) is 5.33. The van der Waals surface area contributed by atoms with Crippen molar-refractivity contribution >= 4 is 28.4 Å². The molecule has 0 radical (unpaired) electrons. The number of carbonyl (C=O) groups excluding carboxylic acids is 1. The number of ether oxygens (including phenoxy) is 1. The van der Waals surface area contributed by atoms with Crippen molar-refractivity contribution in [2.24, 2.45) is 0 Å². The number of fused-ring (bicyclic) bond motifs is 1. The molecule has 1 aromatic heterocycles. The maximum absolute atomic E-state index is 12.3. The fourth-order valence-electron chi connectivity index (χ4n) is 2.81. The highest BCUT2D eigenvalue weighted by molar-refractivity contribution is 6.30. The molecule has 0 saturated heterocycles. The van der Waals surface area contributed by atoms with Gasteiger partial charge in [-0.1, -0.05) is 23.7 Å². The molecule has 0 unspecified atom stereocenters. The average Bonchev–Trinajstić information content (AvgIpc) is 2.69. The lowest BCUT2D eigenvalue weighted by molar-refractivity contribution is -0.130. The SMILES string of the molecule is CN(CCOc1ccc(Cl)cc1)C(=O)CCCc1nc2ccccc2c(=O)[nH]1. The summed E-state index contributed by atoms with van der Waals surface area (Å²) in [6.07, 6.45) is 1.54. The van der Waals surface area contributed by atoms with Crippen LogP contribution < -0.4 is 10.3 Å². The highest BCUT2D eigenvalue weighted by Gasteiger charge is 2.10. The fourth-order valence-corrected chi connectivity index (χ4v) is 2.93. The van der Waals surface area contributed by atoms with Gasteiger partial charge in [-0.05, 0) is 42.8 Å². The Bertz CT molecular complexity index is 1000. The molecule has 1 N–H and O–H groups in total. The molecule has 0 fully saturated rings. The van der Waals surface area contributed by atoms with Crippen molar-refractivity contribution in [3.05, 3.63) is 69.7 Å². The average molecular weight is 400 g/mol. The van der Waals surface area contributed by atoms with E-state index in [4.69, 9.17) is 16.3 Å². The summed E-state index contributed by atoms with van der Waals surface area (Å²) < 4.78 is 5.61. The van der Waals surface area contributed by atoms with Crippen LogP contribution in [0.4, 0.5) is 0 Å². The van der Waals surface area contributed by atoms with Gasteiger partial charge in [-0.2, -0.15) is 0 Å². The Kier molecular flexibility index (Phi) is 6.66. The van der Waals surface area contributed by atoms with Gasteiger partial charge >= 0.3 is 0 Å². The summed E-state index contributed by atoms with van der Waals surface area (Å²) in [6.45, 7) is 0.899. The number of hydrogen-bond donors (Lipinski definition) is 1. The molecule has 7 heteroatoms. The van der Waals surface area contributed by atoms with Gasteiger partial charge in [0.25, 0.3) is 5.56 Å². The molecular weight excluding hydrogens is 378 g/mol. The summed E-state index contributed by atoms with van der Waals surface area (Å²) in [5.41, 5.74) is 0.521. The number of aromatic amines is 1. The van der Waals surface area contributed by atoms with Crippen molar-refractivity contribution in [1.29, 1.82) is 0 Å². The van der Waals surface area contributed by atoms with Crippen molar-refractivity contribution in [1.82, 2.24) is 14.9 Å². The van der Waals surface area contributed by atoms with E-state index in [2.05, 4.69) is 9.97 Å². The lowest BCUT2D eigenvalue weighted by Crippen LogP contribution is -2.30. The number of rotatable bonds is 8. The topological polar surface area (TPSA) is 75.3 Å². The molecule has 6 nitrogen and oxygen atoms in total. The monoisotopic (exact) mass is 399 g/mol. The van der Waals surface area contributed by atoms with E-state index in [0.717, 1.165) is 5.75 Å². The number of halogens is 1. The predicted molar refractivity (Wildman–Crippen MR) is 110 cm³/mol. The summed E-state index contributed by atoms with van der Waals surface area (Å²) in [4.78, 5) is 33.2. The maximum Gasteiger partial charge on any atom is 0.258 e. The van der Waals surface area contributed by atoms with Crippen LogP contribution in [0.15, 0.2) is 53.3 Å². The highest BCUT2D eigenvalue weighted by atomic mass is 35.5. The van der Waals surface area contributed by atoms with E-state index < -0.39 is 0 Å². The minimum absolute atomic E-state index is 0.0304. The number of nitrogens with one attached hydrogen (secondary N) is 1. The van der Waals surface area contributed by atoms with Crippen molar-refractivity contribution in [3.63, 3.8) is 0 Å². The first-order valence-electron chi connectivity index (χ1n) is 9.13. The van der Waals surface area contributed by atoms with E-state index >= 15 is 0 Å². The van der Waals surface area contributed by atoms with Gasteiger partial charge in [-0.3, -0.25) is 9.59 Å². The zero-order valence-corrected chi connectivity index (χ0v) is 16.4. The molecule has 0 aliphatic rings. The lowest BCUT2D eigenvalue weighted by atomic mass is 10.2. The van der Waals surface area contributed by atoms with Gasteiger partial charge in [0.05, 0.1) is 17.4 Å². The van der Waals surface area contributed by atoms with Gasteiger partial charge in [0.1, 0.15) is 18.2 Å². The molecule has 146 valence electrons. The first-order chi connectivity index (χ1) is 13.5. The van der Waals surface area contributed by atoms with E-state index in [1.807, 2.05) is 18.2 Å². The Morgan fingerprint density at radius 1 is 1.18 bits per heavy atom. The first-order valence-corrected chi connectivity index (χ1v) is 9.51. The number of hydrogen-bond acceptors (Lipinski definition) is 4. The van der Waals surface area contributed by atoms with Crippen molar-refractivity contribution < 1.29 is 9.53 Å². The van der Waals surface area contributed by atoms with Crippen LogP contribution in [0.2, 0.25) is 5.02 Å². The van der Waals surface area contributed by atoms with E-state index in [0.29, 0.717) is 54.2 Å². The quantitative estimate of drug-likeness (QED) is 0.629. The third-order valence-electron chi connectivity index (χ3n) is 4.40. The Morgan fingerprint density at radius 2 is 1.93 bits per heavy atom. The minimum Gasteiger partial charge on any atom is -0.492 e. The Hall–Kier alpha value is -2.86. The number of amides is 1. The summed E-state index contributed by atoms with van der Waals surface area (Å²) in [7, 11) is 1.75. The summed E-state index contributed by atoms with van der Waals surface area (Å²) in [6, 6.07) is 14.3. The van der Waals surface area contributed by atoms with E-state index in [1.165, 1.54) is 0 Å². The fraction of sp³-hybridized carbons (Fsp3) is 0.286. The van der Waals surface area contributed by atoms with Gasteiger partial charge in [-0.25, -0.2) is 4.98 Å². The van der Waals surface area contributed by atoms with Gasteiger partial charge in [0, 0.05) is 24.9 Å². The van der Waals surface area contributed by atoms with Crippen LogP contribution in [0.3, 0.4) is 0 Å². The normalized spacial score (nSPS) is 10.8. The van der Waals surface area contributed by atoms with Gasteiger partial charge < -0.3 is 14.6 Å². The zero-order chi connectivity index (χ0) is 19.9. The third-order valence-corrected chi connectivity index (χ3v) is 4.65. The zero-order valence-electron chi connectivity index (χ0n) is 15.7. The largest absolute Gasteiger partial charge is 0.492 e. The number of carbonyl (C=O) groups is 1. The van der Waals surface area contributed by atoms with E-state index in [-0.39, 0.29) is 11.5 Å². The smallest absolute Gasteiger partial charge is 0.258 e. The van der Waals surface area contributed by atoms with Crippen LogP contribution >= 0.6 is 11.6 Å². The van der Waals surface area contributed by atoms with Crippen LogP contribution in [0.5, 0.6) is 5.75 Å². The summed E-state index contributed by atoms with van der Waals surface area (Å²) in [5.74, 6) is 1.35. The van der Waals surface area contributed by atoms with Crippen LogP contribution in [-0.4, -0.2) is 41.0 Å². The standard InChI is InChI=1S/C21H22ClN3O3/c1-25(13-14-28-16-11-9-15(22)10-12-16)20(26)8-4-7-19-23-18-6-3-2-5-17(18)21(27)24-19/h2-3,5-6,9-12H,4,7-8,13-14H2,1H3,(H,23,24,27). The van der Waals surface area contributed by atoms with Crippen LogP contribution in [0, 0.1) is 0 Å². The second-order valence-corrected chi connectivity index (χ2v) is 6.94. The summed E-state index contributed by atoms with van der Waals surface area (Å²) in [5, 5.41) is 1.23. The van der Waals surface area contributed by atoms with Crippen molar-refractivity contribution in [3.8, 4) is 5.75 Å². The van der Waals surface area contributed by atoms with Crippen LogP contribution in [-0.2, 0) is 11.2 Å². The number of likely N-dealkylation sites (N-methyl/N-ethyl adjacent to an activating group) is 1. The van der Waals surface area contributed by atoms with Gasteiger partial charge in [-0.15, -0.1) is 0 Å². The molecule has 1 amide bonds. The second kappa shape index (κ2) is 9.37. The number of aryl methyl sites for hydroxylation is 1. The van der Waals surface area contributed by atoms with E-state index in [9.17, 15) is 9.59 Å². The molecule has 0 saturated carbocycles. The Balaban J connectivity index is 1.43. The number of benzene rings is 2. The molecule has 0 spiro atoms. The van der Waals surface area contributed by atoms with Crippen LogP contribution in [0.25, 0.3) is 10.9 Å². The number of nitrogens with zero attached hydrogens (tertiary/aromatic N) is 2. The maximum atomic E-state index is 12.3. The van der Waals surface area contributed by atoms with Crippen molar-refractivity contribution in [2.45, 2.75) is 19.3 Å². The lowest BCUT2D eigenvalue weighted by Gasteiger charge is -2.17. The number of aromatic nitrogens is 2. The molecule has 0 aliphatic heterocycles. The molecule has 2 aromatic carbocycles. The predicted octanol–water partition coefficient (Wildman–Crippen LogP) is 3.44. The molecule has 28 heavy (non-hydrogen) atoms. The molecule has 3 rings (SSSR count). The minimum atomic E-state index is -0.150. The number of para-hydroxylation sites is 1. The van der Waals surface area contributed by atoms with Gasteiger partial charge in [0.2, 0.25) is 5.91 Å². The first kappa shape index (κ1) is 19.9. The number of H-pyrrole nitrogens is 1. The molecular formula is C21H22ClN3O3. The second-order valence-electron chi connectivity index (χ2n) is 6.50.